The van der Waals surface area contributed by atoms with Crippen LogP contribution in [0.5, 0.6) is 23.0 Å². The normalized spacial score (nSPS) is 14.5. The summed E-state index contributed by atoms with van der Waals surface area (Å²) in [6.45, 7) is 8.03. The van der Waals surface area contributed by atoms with Gasteiger partial charge in [-0.2, -0.15) is 12.1 Å². The van der Waals surface area contributed by atoms with E-state index in [1.165, 1.54) is 0 Å². The maximum atomic E-state index is 9.13. The Labute approximate surface area is 514 Å². The van der Waals surface area contributed by atoms with Crippen molar-refractivity contribution in [2.75, 3.05) is 9.80 Å². The van der Waals surface area contributed by atoms with Gasteiger partial charge in [-0.3, -0.25) is 0 Å². The number of hydrogen-bond donors (Lipinski definition) is 0. The van der Waals surface area contributed by atoms with Gasteiger partial charge in [0, 0.05) is 89.7 Å². The first-order chi connectivity index (χ1) is 46.1. The number of aromatic nitrogens is 2. The summed E-state index contributed by atoms with van der Waals surface area (Å²) >= 11 is 0. The van der Waals surface area contributed by atoms with Gasteiger partial charge in [-0.05, 0) is 100 Å². The molecule has 3 heterocycles. The van der Waals surface area contributed by atoms with Crippen LogP contribution in [0.2, 0.25) is 0 Å². The van der Waals surface area contributed by atoms with E-state index in [2.05, 4.69) is 57.2 Å². The number of rotatable bonds is 12. The average molecular weight is 1250 g/mol. The van der Waals surface area contributed by atoms with Crippen LogP contribution in [0, 0.1) is 39.6 Å². The van der Waals surface area contributed by atoms with Gasteiger partial charge in [0.1, 0.15) is 17.3 Å². The monoisotopic (exact) mass is 1250 g/mol. The van der Waals surface area contributed by atoms with Gasteiger partial charge in [0.15, 0.2) is 0 Å². The van der Waals surface area contributed by atoms with E-state index in [-0.39, 0.29) is 78.2 Å². The van der Waals surface area contributed by atoms with Crippen molar-refractivity contribution < 1.29 is 51.1 Å². The molecule has 0 bridgehead atoms. The Balaban J connectivity index is 0.00000849. The largest absolute Gasteiger partial charge is 0.509 e. The second-order valence-corrected chi connectivity index (χ2v) is 19.3. The molecule has 0 unspecified atom stereocenters. The molecule has 0 radical (unpaired) electrons. The predicted molar refractivity (Wildman–Crippen MR) is 332 cm³/mol. The van der Waals surface area contributed by atoms with Crippen LogP contribution in [0.1, 0.15) is 37.3 Å². The zero-order valence-electron chi connectivity index (χ0n) is 59.2. The minimum atomic E-state index is -0.601. The van der Waals surface area contributed by atoms with Gasteiger partial charge in [0.2, 0.25) is 0 Å². The Morgan fingerprint density at radius 1 is 0.463 bits per heavy atom. The molecule has 6 nitrogen and oxygen atoms in total. The molecule has 0 amide bonds. The number of nitrogens with zero attached hydrogens (tertiary/aromatic N) is 4. The van der Waals surface area contributed by atoms with Crippen LogP contribution in [0.4, 0.5) is 22.7 Å². The molecule has 1 aliphatic rings. The molecule has 0 fully saturated rings. The number of benzene rings is 11. The fourth-order valence-electron chi connectivity index (χ4n) is 10.8. The van der Waals surface area contributed by atoms with Crippen LogP contribution in [0.3, 0.4) is 0 Å². The third kappa shape index (κ3) is 9.41. The zero-order valence-corrected chi connectivity index (χ0v) is 46.4. The Morgan fingerprint density at radius 2 is 1.04 bits per heavy atom. The molecule has 1 aliphatic heterocycles. The molecule has 13 aromatic rings. The van der Waals surface area contributed by atoms with Gasteiger partial charge in [0.25, 0.3) is 0 Å². The second-order valence-electron chi connectivity index (χ2n) is 19.3. The summed E-state index contributed by atoms with van der Waals surface area (Å²) in [4.78, 5) is 8.47. The Morgan fingerprint density at radius 3 is 1.67 bits per heavy atom. The summed E-state index contributed by atoms with van der Waals surface area (Å²) in [7, 11) is 0. The maximum Gasteiger partial charge on any atom is 0.143 e. The van der Waals surface area contributed by atoms with E-state index in [0.717, 1.165) is 38.9 Å². The number of hydrogen-bond acceptors (Lipinski definition) is 5. The van der Waals surface area contributed by atoms with E-state index < -0.39 is 78.6 Å². The van der Waals surface area contributed by atoms with Crippen molar-refractivity contribution in [1.82, 2.24) is 9.55 Å². The molecule has 398 valence electrons. The smallest absolute Gasteiger partial charge is 0.143 e. The van der Waals surface area contributed by atoms with E-state index in [1.54, 1.807) is 95.5 Å². The molecule has 0 saturated carbocycles. The zero-order chi connectivity index (χ0) is 67.4. The van der Waals surface area contributed by atoms with Crippen LogP contribution in [-0.2, 0) is 21.1 Å². The molecule has 0 atom stereocenters. The third-order valence-corrected chi connectivity index (χ3v) is 14.7. The molecule has 82 heavy (non-hydrogen) atoms. The molecule has 0 N–H and O–H groups in total. The van der Waals surface area contributed by atoms with Crippen molar-refractivity contribution in [2.45, 2.75) is 20.8 Å². The van der Waals surface area contributed by atoms with Crippen molar-refractivity contribution in [1.29, 1.82) is 0 Å². The Kier molecular flexibility index (Phi) is 10.0. The number of anilines is 4. The SMILES string of the molecule is [2H]c1c([2H])c([2H])c(-c2ccc3c(c2)c2ccc(Oc4[c-]c(N5[CH-]N(c6c(-c7c([2H])c([2H])c([2H])c([2H])c7[2H])cccc6-c6c([2H])c([2H])c([2H])c([2H])c6[2H])c6ccccc65)ccc4)[c-]c2n3-c2cc(Oc3c(-c4ccccc4)c(C)c(C)c(C)c3-c3ccccc3)ccn2)c([2H])c1[2H].[Pt]. The van der Waals surface area contributed by atoms with Crippen molar-refractivity contribution in [3.63, 3.8) is 0 Å². The van der Waals surface area contributed by atoms with Crippen molar-refractivity contribution in [2.24, 2.45) is 0 Å². The molecular weight excluding hydrogens is 1180 g/mol. The average Bonchev–Trinajstić information content (AvgIpc) is 1.62. The topological polar surface area (TPSA) is 42.8 Å². The molecule has 11 aromatic carbocycles. The van der Waals surface area contributed by atoms with Crippen LogP contribution in [0.15, 0.2) is 261 Å². The summed E-state index contributed by atoms with van der Waals surface area (Å²) in [6, 6.07) is 49.4. The van der Waals surface area contributed by atoms with E-state index in [0.29, 0.717) is 61.7 Å². The first-order valence-electron chi connectivity index (χ1n) is 33.6. The van der Waals surface area contributed by atoms with Crippen LogP contribution in [0.25, 0.3) is 83.3 Å². The Hall–Kier alpha value is -9.74. The molecular formula is C75H53N4O2Pt-3. The number of pyridine rings is 1. The Bertz CT molecular complexity index is 5180. The van der Waals surface area contributed by atoms with E-state index in [9.17, 15) is 0 Å². The van der Waals surface area contributed by atoms with Crippen LogP contribution in [-0.4, -0.2) is 9.55 Å². The van der Waals surface area contributed by atoms with Crippen LogP contribution < -0.4 is 19.3 Å². The fraction of sp³-hybridized carbons (Fsp3) is 0.0400. The van der Waals surface area contributed by atoms with Crippen molar-refractivity contribution in [3.8, 4) is 84.5 Å². The van der Waals surface area contributed by atoms with Gasteiger partial charge in [-0.25, -0.2) is 4.98 Å². The summed E-state index contributed by atoms with van der Waals surface area (Å²) in [5.41, 5.74) is 10.3. The molecule has 2 aromatic heterocycles. The number of ether oxygens (including phenoxy) is 2. The summed E-state index contributed by atoms with van der Waals surface area (Å²) in [6.07, 6.45) is 1.67. The molecule has 0 aliphatic carbocycles. The number of fused-ring (bicyclic) bond motifs is 4. The second kappa shape index (κ2) is 22.1. The summed E-state index contributed by atoms with van der Waals surface area (Å²) in [5.74, 6) is 2.08. The fourth-order valence-corrected chi connectivity index (χ4v) is 10.8. The van der Waals surface area contributed by atoms with Crippen molar-refractivity contribution >= 4 is 44.6 Å². The molecule has 7 heteroatoms. The first kappa shape index (κ1) is 37.2. The third-order valence-electron chi connectivity index (χ3n) is 14.7. The minimum Gasteiger partial charge on any atom is -0.509 e. The predicted octanol–water partition coefficient (Wildman–Crippen LogP) is 20.0. The van der Waals surface area contributed by atoms with E-state index in [1.807, 2.05) is 71.3 Å². The van der Waals surface area contributed by atoms with Gasteiger partial charge in [-0.15, -0.1) is 48.1 Å². The van der Waals surface area contributed by atoms with E-state index >= 15 is 0 Å². The van der Waals surface area contributed by atoms with Crippen LogP contribution >= 0.6 is 0 Å². The van der Waals surface area contributed by atoms with E-state index in [4.69, 9.17) is 35.0 Å². The molecule has 0 saturated heterocycles. The number of para-hydroxylation sites is 3. The standard InChI is InChI=1S/C75H53N4O2.Pt/c1-50-51(2)72(56-29-15-7-16-30-56)75(73(52(50)3)57-31-17-8-18-32-57)81-62-43-44-76-71(48-62)79-67-42-39-58(53-23-9-4-10-24-53)45-66(67)65-41-40-61(47-70(65)79)80-60-34-21-33-59(46-60)77-49-78(69-38-20-19-37-68(69)77)74-63(54-25-11-5-12-26-54)35-22-36-64(74)55-27-13-6-14-28-55;/h4-45,48-49H,1-3H3;/q-3;/i4D,5D,6D,9D,10D,11D,12D,13D,14D,23D,24D,25D,26D,27D,28D;. The quantitative estimate of drug-likeness (QED) is 0.114. The van der Waals surface area contributed by atoms with Gasteiger partial charge in [0.05, 0.1) is 20.6 Å². The van der Waals surface area contributed by atoms with Gasteiger partial charge < -0.3 is 23.8 Å². The van der Waals surface area contributed by atoms with Crippen molar-refractivity contribution in [3.05, 3.63) is 296 Å². The molecule has 0 spiro atoms. The minimum absolute atomic E-state index is 0. The summed E-state index contributed by atoms with van der Waals surface area (Å²) in [5, 5.41) is 1.31. The maximum absolute atomic E-state index is 9.13. The van der Waals surface area contributed by atoms with Gasteiger partial charge >= 0.3 is 0 Å². The summed E-state index contributed by atoms with van der Waals surface area (Å²) < 4.78 is 147. The van der Waals surface area contributed by atoms with Gasteiger partial charge in [-0.1, -0.05) is 199 Å². The first-order valence-corrected chi connectivity index (χ1v) is 26.1. The molecule has 14 rings (SSSR count).